The molecule has 1 N–H and O–H groups in total. The normalized spacial score (nSPS) is 11.1. The summed E-state index contributed by atoms with van der Waals surface area (Å²) >= 11 is 0. The van der Waals surface area contributed by atoms with E-state index in [1.165, 1.54) is 11.1 Å². The number of aliphatic hydroxyl groups excluding tert-OH is 1. The quantitative estimate of drug-likeness (QED) is 0.367. The summed E-state index contributed by atoms with van der Waals surface area (Å²) in [6.07, 6.45) is 4.30. The SMILES string of the molecule is COCc1cc(-c2nc(-c3ccc(CCCCO)nc3)no2)ccc1-c1ccccc1C. The lowest BCUT2D eigenvalue weighted by Gasteiger charge is -2.12. The largest absolute Gasteiger partial charge is 0.396 e. The molecule has 32 heavy (non-hydrogen) atoms. The zero-order chi connectivity index (χ0) is 22.3. The highest BCUT2D eigenvalue weighted by Gasteiger charge is 2.15. The Kier molecular flexibility index (Phi) is 7.04. The summed E-state index contributed by atoms with van der Waals surface area (Å²) in [6, 6.07) is 18.4. The number of pyridine rings is 1. The summed E-state index contributed by atoms with van der Waals surface area (Å²) in [4.78, 5) is 9.07. The molecule has 0 amide bonds. The molecule has 2 aromatic carbocycles. The fraction of sp³-hybridized carbons (Fsp3) is 0.269. The third-order valence-electron chi connectivity index (χ3n) is 5.44. The molecule has 0 saturated carbocycles. The van der Waals surface area contributed by atoms with E-state index in [1.54, 1.807) is 13.3 Å². The second kappa shape index (κ2) is 10.3. The summed E-state index contributed by atoms with van der Waals surface area (Å²) in [7, 11) is 1.69. The van der Waals surface area contributed by atoms with Crippen LogP contribution < -0.4 is 0 Å². The summed E-state index contributed by atoms with van der Waals surface area (Å²) in [5, 5.41) is 13.1. The molecule has 2 heterocycles. The second-order valence-corrected chi connectivity index (χ2v) is 7.76. The molecule has 0 aliphatic rings. The van der Waals surface area contributed by atoms with Gasteiger partial charge in [-0.2, -0.15) is 4.98 Å². The van der Waals surface area contributed by atoms with Crippen molar-refractivity contribution in [3.05, 3.63) is 77.6 Å². The molecule has 0 bridgehead atoms. The second-order valence-electron chi connectivity index (χ2n) is 7.76. The van der Waals surface area contributed by atoms with E-state index in [4.69, 9.17) is 14.4 Å². The van der Waals surface area contributed by atoms with Crippen LogP contribution in [0.3, 0.4) is 0 Å². The van der Waals surface area contributed by atoms with Gasteiger partial charge in [-0.25, -0.2) is 0 Å². The number of unbranched alkanes of at least 4 members (excludes halogenated alkanes) is 1. The maximum atomic E-state index is 8.91. The molecular weight excluding hydrogens is 402 g/mol. The highest BCUT2D eigenvalue weighted by atomic mass is 16.5. The van der Waals surface area contributed by atoms with Crippen molar-refractivity contribution in [2.45, 2.75) is 32.8 Å². The van der Waals surface area contributed by atoms with Crippen LogP contribution in [0.2, 0.25) is 0 Å². The van der Waals surface area contributed by atoms with Gasteiger partial charge >= 0.3 is 0 Å². The van der Waals surface area contributed by atoms with E-state index in [0.29, 0.717) is 18.3 Å². The van der Waals surface area contributed by atoms with E-state index >= 15 is 0 Å². The van der Waals surface area contributed by atoms with Crippen molar-refractivity contribution in [1.29, 1.82) is 0 Å². The van der Waals surface area contributed by atoms with Gasteiger partial charge in [0.15, 0.2) is 0 Å². The zero-order valence-electron chi connectivity index (χ0n) is 18.4. The van der Waals surface area contributed by atoms with Crippen LogP contribution in [0, 0.1) is 6.92 Å². The molecule has 0 aliphatic carbocycles. The Bertz CT molecular complexity index is 1170. The van der Waals surface area contributed by atoms with Gasteiger partial charge in [0.25, 0.3) is 5.89 Å². The number of methoxy groups -OCH3 is 1. The molecular formula is C26H27N3O3. The van der Waals surface area contributed by atoms with Gasteiger partial charge in [-0.15, -0.1) is 0 Å². The number of benzene rings is 2. The first-order chi connectivity index (χ1) is 15.7. The molecule has 2 aromatic heterocycles. The molecule has 4 aromatic rings. The third kappa shape index (κ3) is 4.93. The average molecular weight is 430 g/mol. The van der Waals surface area contributed by atoms with Crippen LogP contribution >= 0.6 is 0 Å². The van der Waals surface area contributed by atoms with Gasteiger partial charge in [0.2, 0.25) is 5.82 Å². The van der Waals surface area contributed by atoms with E-state index < -0.39 is 0 Å². The Morgan fingerprint density at radius 1 is 0.969 bits per heavy atom. The van der Waals surface area contributed by atoms with Crippen LogP contribution in [0.25, 0.3) is 34.0 Å². The molecule has 0 saturated heterocycles. The van der Waals surface area contributed by atoms with Crippen molar-refractivity contribution < 1.29 is 14.4 Å². The molecule has 6 heteroatoms. The van der Waals surface area contributed by atoms with Gasteiger partial charge in [0.1, 0.15) is 0 Å². The van der Waals surface area contributed by atoms with Crippen molar-refractivity contribution in [3.63, 3.8) is 0 Å². The molecule has 0 radical (unpaired) electrons. The van der Waals surface area contributed by atoms with E-state index in [-0.39, 0.29) is 6.61 Å². The lowest BCUT2D eigenvalue weighted by atomic mass is 9.94. The van der Waals surface area contributed by atoms with E-state index in [2.05, 4.69) is 40.2 Å². The third-order valence-corrected chi connectivity index (χ3v) is 5.44. The summed E-state index contributed by atoms with van der Waals surface area (Å²) in [5.74, 6) is 0.964. The van der Waals surface area contributed by atoms with Crippen LogP contribution in [-0.4, -0.2) is 33.9 Å². The van der Waals surface area contributed by atoms with Crippen LogP contribution in [0.1, 0.15) is 29.7 Å². The minimum Gasteiger partial charge on any atom is -0.396 e. The number of hydrogen-bond acceptors (Lipinski definition) is 6. The van der Waals surface area contributed by atoms with Crippen molar-refractivity contribution in [2.24, 2.45) is 0 Å². The fourth-order valence-corrected chi connectivity index (χ4v) is 3.72. The number of nitrogens with zero attached hydrogens (tertiary/aromatic N) is 3. The maximum absolute atomic E-state index is 8.91. The zero-order valence-corrected chi connectivity index (χ0v) is 18.4. The first-order valence-electron chi connectivity index (χ1n) is 10.8. The van der Waals surface area contributed by atoms with Gasteiger partial charge in [0.05, 0.1) is 6.61 Å². The van der Waals surface area contributed by atoms with Gasteiger partial charge in [-0.05, 0) is 72.7 Å². The molecule has 0 fully saturated rings. The number of aryl methyl sites for hydroxylation is 2. The molecule has 164 valence electrons. The average Bonchev–Trinajstić information content (AvgIpc) is 3.31. The smallest absolute Gasteiger partial charge is 0.258 e. The van der Waals surface area contributed by atoms with Gasteiger partial charge in [-0.3, -0.25) is 4.98 Å². The highest BCUT2D eigenvalue weighted by molar-refractivity contribution is 5.74. The number of rotatable bonds is 9. The summed E-state index contributed by atoms with van der Waals surface area (Å²) in [6.45, 7) is 2.80. The molecule has 0 aliphatic heterocycles. The highest BCUT2D eigenvalue weighted by Crippen LogP contribution is 2.31. The number of aliphatic hydroxyl groups is 1. The minimum absolute atomic E-state index is 0.210. The van der Waals surface area contributed by atoms with Crippen molar-refractivity contribution >= 4 is 0 Å². The van der Waals surface area contributed by atoms with Crippen molar-refractivity contribution in [2.75, 3.05) is 13.7 Å². The van der Waals surface area contributed by atoms with Crippen LogP contribution in [0.5, 0.6) is 0 Å². The molecule has 0 spiro atoms. The Hall–Kier alpha value is -3.35. The first-order valence-corrected chi connectivity index (χ1v) is 10.8. The monoisotopic (exact) mass is 429 g/mol. The first kappa shape index (κ1) is 21.9. The summed E-state index contributed by atoms with van der Waals surface area (Å²) < 4.78 is 11.0. The molecule has 0 atom stereocenters. The Morgan fingerprint density at radius 2 is 1.81 bits per heavy atom. The van der Waals surface area contributed by atoms with Crippen LogP contribution in [0.4, 0.5) is 0 Å². The van der Waals surface area contributed by atoms with Crippen LogP contribution in [0.15, 0.2) is 65.3 Å². The van der Waals surface area contributed by atoms with Gasteiger partial charge in [0, 0.05) is 36.7 Å². The minimum atomic E-state index is 0.210. The van der Waals surface area contributed by atoms with Gasteiger partial charge < -0.3 is 14.4 Å². The fourth-order valence-electron chi connectivity index (χ4n) is 3.72. The Balaban J connectivity index is 1.58. The maximum Gasteiger partial charge on any atom is 0.258 e. The topological polar surface area (TPSA) is 81.3 Å². The predicted octanol–water partition coefficient (Wildman–Crippen LogP) is 5.24. The molecule has 6 nitrogen and oxygen atoms in total. The van der Waals surface area contributed by atoms with Crippen molar-refractivity contribution in [1.82, 2.24) is 15.1 Å². The van der Waals surface area contributed by atoms with E-state index in [0.717, 1.165) is 47.2 Å². The summed E-state index contributed by atoms with van der Waals surface area (Å²) in [5.41, 5.74) is 7.23. The number of aromatic nitrogens is 3. The lowest BCUT2D eigenvalue weighted by molar-refractivity contribution is 0.185. The standard InChI is InChI=1S/C26H27N3O3/c1-18-7-3-4-9-23(18)24-13-11-19(15-21(24)17-31-2)26-28-25(29-32-26)20-10-12-22(27-16-20)8-5-6-14-30/h3-4,7,9-13,15-16,30H,5-6,8,14,17H2,1-2H3. The lowest BCUT2D eigenvalue weighted by Crippen LogP contribution is -1.95. The predicted molar refractivity (Wildman–Crippen MR) is 124 cm³/mol. The van der Waals surface area contributed by atoms with E-state index in [1.807, 2.05) is 36.4 Å². The van der Waals surface area contributed by atoms with E-state index in [9.17, 15) is 0 Å². The van der Waals surface area contributed by atoms with Crippen LogP contribution in [-0.2, 0) is 17.8 Å². The Labute approximate surface area is 187 Å². The number of ether oxygens (including phenoxy) is 1. The van der Waals surface area contributed by atoms with Crippen molar-refractivity contribution in [3.8, 4) is 34.0 Å². The molecule has 4 rings (SSSR count). The Morgan fingerprint density at radius 3 is 2.56 bits per heavy atom. The number of hydrogen-bond donors (Lipinski definition) is 1. The van der Waals surface area contributed by atoms with Gasteiger partial charge in [-0.1, -0.05) is 35.5 Å². The molecule has 0 unspecified atom stereocenters.